The molecular weight excluding hydrogens is 208 g/mol. The molecule has 1 aromatic heterocycles. The van der Waals surface area contributed by atoms with Crippen LogP contribution in [0.3, 0.4) is 0 Å². The van der Waals surface area contributed by atoms with Gasteiger partial charge in [0.25, 0.3) is 0 Å². The third-order valence-corrected chi connectivity index (χ3v) is 2.81. The minimum atomic E-state index is -0.322. The molecule has 5 nitrogen and oxygen atoms in total. The van der Waals surface area contributed by atoms with E-state index in [0.29, 0.717) is 12.3 Å². The van der Waals surface area contributed by atoms with Crippen LogP contribution in [0.25, 0.3) is 0 Å². The predicted octanol–water partition coefficient (Wildman–Crippen LogP) is 0.473. The van der Waals surface area contributed by atoms with E-state index in [4.69, 9.17) is 9.47 Å². The van der Waals surface area contributed by atoms with Crippen molar-refractivity contribution < 1.29 is 14.3 Å². The van der Waals surface area contributed by atoms with Crippen LogP contribution < -0.4 is 5.32 Å². The van der Waals surface area contributed by atoms with Gasteiger partial charge in [0.05, 0.1) is 13.7 Å². The van der Waals surface area contributed by atoms with Crippen LogP contribution in [-0.4, -0.2) is 37.3 Å². The van der Waals surface area contributed by atoms with Crippen molar-refractivity contribution in [1.29, 1.82) is 0 Å². The highest BCUT2D eigenvalue weighted by Crippen LogP contribution is 2.21. The molecule has 0 amide bonds. The van der Waals surface area contributed by atoms with Crippen LogP contribution in [0.15, 0.2) is 12.1 Å². The zero-order valence-electron chi connectivity index (χ0n) is 9.53. The number of methoxy groups -OCH3 is 1. The van der Waals surface area contributed by atoms with Crippen molar-refractivity contribution in [1.82, 2.24) is 9.88 Å². The molecule has 1 aromatic rings. The van der Waals surface area contributed by atoms with Gasteiger partial charge in [-0.2, -0.15) is 0 Å². The highest BCUT2D eigenvalue weighted by molar-refractivity contribution is 5.87. The first-order valence-electron chi connectivity index (χ1n) is 5.30. The number of morpholine rings is 1. The molecule has 0 spiro atoms. The summed E-state index contributed by atoms with van der Waals surface area (Å²) in [5.41, 5.74) is 1.54. The Morgan fingerprint density at radius 3 is 3.06 bits per heavy atom. The Hall–Kier alpha value is -1.33. The maximum atomic E-state index is 11.4. The van der Waals surface area contributed by atoms with Crippen molar-refractivity contribution in [3.05, 3.63) is 23.5 Å². The van der Waals surface area contributed by atoms with Crippen molar-refractivity contribution >= 4 is 5.97 Å². The third-order valence-electron chi connectivity index (χ3n) is 2.81. The van der Waals surface area contributed by atoms with Gasteiger partial charge in [-0.05, 0) is 12.1 Å². The molecule has 88 valence electrons. The fourth-order valence-electron chi connectivity index (χ4n) is 1.92. The number of nitrogens with one attached hydrogen (secondary N) is 1. The molecule has 1 saturated heterocycles. The standard InChI is InChI=1S/C11H16N2O3/c1-13-8(10-7-12-5-6-16-10)3-4-9(13)11(14)15-2/h3-4,10,12H,5-7H2,1-2H3. The summed E-state index contributed by atoms with van der Waals surface area (Å²) in [6, 6.07) is 3.67. The van der Waals surface area contributed by atoms with Gasteiger partial charge in [-0.25, -0.2) is 4.79 Å². The fourth-order valence-corrected chi connectivity index (χ4v) is 1.92. The molecule has 5 heteroatoms. The molecule has 2 rings (SSSR count). The summed E-state index contributed by atoms with van der Waals surface area (Å²) < 4.78 is 12.2. The number of ether oxygens (including phenoxy) is 2. The molecule has 0 aromatic carbocycles. The zero-order chi connectivity index (χ0) is 11.5. The lowest BCUT2D eigenvalue weighted by Crippen LogP contribution is -2.34. The summed E-state index contributed by atoms with van der Waals surface area (Å²) in [5.74, 6) is -0.322. The molecule has 1 aliphatic heterocycles. The minimum Gasteiger partial charge on any atom is -0.464 e. The Bertz CT molecular complexity index is 381. The Kier molecular flexibility index (Phi) is 3.26. The number of hydrogen-bond acceptors (Lipinski definition) is 4. The van der Waals surface area contributed by atoms with Gasteiger partial charge < -0.3 is 19.4 Å². The topological polar surface area (TPSA) is 52.5 Å². The van der Waals surface area contributed by atoms with Crippen LogP contribution in [-0.2, 0) is 16.5 Å². The number of carbonyl (C=O) groups is 1. The largest absolute Gasteiger partial charge is 0.464 e. The Labute approximate surface area is 94.3 Å². The first-order chi connectivity index (χ1) is 7.74. The Balaban J connectivity index is 2.21. The summed E-state index contributed by atoms with van der Waals surface area (Å²) in [6.07, 6.45) is 0.0113. The summed E-state index contributed by atoms with van der Waals surface area (Å²) >= 11 is 0. The third kappa shape index (κ3) is 1.96. The molecule has 1 N–H and O–H groups in total. The lowest BCUT2D eigenvalue weighted by Gasteiger charge is -2.24. The normalized spacial score (nSPS) is 20.8. The molecule has 0 aliphatic carbocycles. The van der Waals surface area contributed by atoms with Crippen LogP contribution >= 0.6 is 0 Å². The van der Waals surface area contributed by atoms with E-state index >= 15 is 0 Å². The van der Waals surface area contributed by atoms with E-state index < -0.39 is 0 Å². The van der Waals surface area contributed by atoms with Gasteiger partial charge in [-0.1, -0.05) is 0 Å². The summed E-state index contributed by atoms with van der Waals surface area (Å²) in [4.78, 5) is 11.4. The van der Waals surface area contributed by atoms with Crippen molar-refractivity contribution in [2.24, 2.45) is 7.05 Å². The van der Waals surface area contributed by atoms with Crippen LogP contribution in [0.5, 0.6) is 0 Å². The second kappa shape index (κ2) is 4.67. The summed E-state index contributed by atoms with van der Waals surface area (Å²) in [5, 5.41) is 3.26. The van der Waals surface area contributed by atoms with Gasteiger partial charge in [-0.15, -0.1) is 0 Å². The van der Waals surface area contributed by atoms with Crippen molar-refractivity contribution in [2.75, 3.05) is 26.8 Å². The number of aromatic nitrogens is 1. The lowest BCUT2D eigenvalue weighted by atomic mass is 10.2. The van der Waals surface area contributed by atoms with Gasteiger partial charge in [0, 0.05) is 25.8 Å². The number of rotatable bonds is 2. The monoisotopic (exact) mass is 224 g/mol. The lowest BCUT2D eigenvalue weighted by molar-refractivity contribution is 0.0230. The van der Waals surface area contributed by atoms with Gasteiger partial charge in [0.2, 0.25) is 0 Å². The van der Waals surface area contributed by atoms with E-state index in [0.717, 1.165) is 18.8 Å². The SMILES string of the molecule is COC(=O)c1ccc(C2CNCCO2)n1C. The molecule has 0 radical (unpaired) electrons. The minimum absolute atomic E-state index is 0.0113. The molecule has 1 unspecified atom stereocenters. The van der Waals surface area contributed by atoms with Crippen LogP contribution in [0.2, 0.25) is 0 Å². The quantitative estimate of drug-likeness (QED) is 0.742. The van der Waals surface area contributed by atoms with E-state index in [-0.39, 0.29) is 12.1 Å². The highest BCUT2D eigenvalue weighted by Gasteiger charge is 2.21. The van der Waals surface area contributed by atoms with Crippen LogP contribution in [0, 0.1) is 0 Å². The predicted molar refractivity (Wildman–Crippen MR) is 58.3 cm³/mol. The first kappa shape index (κ1) is 11.2. The van der Waals surface area contributed by atoms with Gasteiger partial charge in [-0.3, -0.25) is 0 Å². The molecule has 0 bridgehead atoms. The Morgan fingerprint density at radius 2 is 2.44 bits per heavy atom. The Morgan fingerprint density at radius 1 is 1.62 bits per heavy atom. The maximum Gasteiger partial charge on any atom is 0.354 e. The van der Waals surface area contributed by atoms with E-state index in [9.17, 15) is 4.79 Å². The van der Waals surface area contributed by atoms with E-state index in [1.165, 1.54) is 7.11 Å². The summed E-state index contributed by atoms with van der Waals surface area (Å²) in [7, 11) is 3.23. The fraction of sp³-hybridized carbons (Fsp3) is 0.545. The highest BCUT2D eigenvalue weighted by atomic mass is 16.5. The molecular formula is C11H16N2O3. The van der Waals surface area contributed by atoms with Crippen LogP contribution in [0.1, 0.15) is 22.3 Å². The molecule has 2 heterocycles. The van der Waals surface area contributed by atoms with Crippen molar-refractivity contribution in [2.45, 2.75) is 6.10 Å². The molecule has 0 saturated carbocycles. The molecule has 1 fully saturated rings. The van der Waals surface area contributed by atoms with Crippen molar-refractivity contribution in [3.63, 3.8) is 0 Å². The summed E-state index contributed by atoms with van der Waals surface area (Å²) in [6.45, 7) is 2.35. The van der Waals surface area contributed by atoms with E-state index in [1.54, 1.807) is 6.07 Å². The average molecular weight is 224 g/mol. The maximum absolute atomic E-state index is 11.4. The second-order valence-electron chi connectivity index (χ2n) is 3.76. The smallest absolute Gasteiger partial charge is 0.354 e. The number of nitrogens with zero attached hydrogens (tertiary/aromatic N) is 1. The van der Waals surface area contributed by atoms with E-state index in [2.05, 4.69) is 5.32 Å². The van der Waals surface area contributed by atoms with E-state index in [1.807, 2.05) is 17.7 Å². The van der Waals surface area contributed by atoms with Crippen molar-refractivity contribution in [3.8, 4) is 0 Å². The number of hydrogen-bond donors (Lipinski definition) is 1. The second-order valence-corrected chi connectivity index (χ2v) is 3.76. The first-order valence-corrected chi connectivity index (χ1v) is 5.30. The van der Waals surface area contributed by atoms with Gasteiger partial charge in [0.1, 0.15) is 11.8 Å². The zero-order valence-corrected chi connectivity index (χ0v) is 9.53. The molecule has 16 heavy (non-hydrogen) atoms. The molecule has 1 atom stereocenters. The van der Waals surface area contributed by atoms with Gasteiger partial charge >= 0.3 is 5.97 Å². The number of carbonyl (C=O) groups excluding carboxylic acids is 1. The number of esters is 1. The van der Waals surface area contributed by atoms with Gasteiger partial charge in [0.15, 0.2) is 0 Å². The van der Waals surface area contributed by atoms with Crippen LogP contribution in [0.4, 0.5) is 0 Å². The average Bonchev–Trinajstić information content (AvgIpc) is 2.71. The molecule has 1 aliphatic rings.